The third-order valence-corrected chi connectivity index (χ3v) is 2.45. The molecule has 0 aromatic rings. The lowest BCUT2D eigenvalue weighted by atomic mass is 10.0. The summed E-state index contributed by atoms with van der Waals surface area (Å²) in [4.78, 5) is 34.5. The van der Waals surface area contributed by atoms with E-state index in [4.69, 9.17) is 9.84 Å². The lowest BCUT2D eigenvalue weighted by molar-refractivity contribution is -0.142. The molecule has 0 saturated carbocycles. The van der Waals surface area contributed by atoms with Crippen molar-refractivity contribution in [2.75, 3.05) is 0 Å². The third kappa shape index (κ3) is 8.88. The fourth-order valence-electron chi connectivity index (χ4n) is 1.54. The van der Waals surface area contributed by atoms with Gasteiger partial charge in [-0.2, -0.15) is 0 Å². The van der Waals surface area contributed by atoms with E-state index in [0.717, 1.165) is 0 Å². The summed E-state index contributed by atoms with van der Waals surface area (Å²) in [5, 5.41) is 13.8. The average Bonchev–Trinajstić information content (AvgIpc) is 2.24. The Hall–Kier alpha value is -1.79. The number of carboxylic acids is 1. The number of amides is 2. The number of aliphatic carboxylic acids is 1. The lowest BCUT2D eigenvalue weighted by Gasteiger charge is -2.23. The van der Waals surface area contributed by atoms with Crippen LogP contribution in [-0.2, 0) is 14.3 Å². The first-order valence-electron chi connectivity index (χ1n) is 6.95. The van der Waals surface area contributed by atoms with Crippen molar-refractivity contribution in [3.05, 3.63) is 0 Å². The first kappa shape index (κ1) is 19.2. The van der Waals surface area contributed by atoms with Gasteiger partial charge in [-0.1, -0.05) is 13.8 Å². The summed E-state index contributed by atoms with van der Waals surface area (Å²) in [5.74, 6) is -1.53. The molecule has 0 aliphatic heterocycles. The van der Waals surface area contributed by atoms with E-state index >= 15 is 0 Å². The number of carbonyl (C=O) groups is 3. The Morgan fingerprint density at radius 2 is 1.62 bits per heavy atom. The molecule has 2 atom stereocenters. The van der Waals surface area contributed by atoms with Crippen LogP contribution in [0.1, 0.15) is 48.0 Å². The smallest absolute Gasteiger partial charge is 0.408 e. The number of nitrogens with one attached hydrogen (secondary N) is 2. The number of hydrogen-bond acceptors (Lipinski definition) is 4. The molecule has 2 unspecified atom stereocenters. The third-order valence-electron chi connectivity index (χ3n) is 2.45. The molecule has 0 aliphatic carbocycles. The van der Waals surface area contributed by atoms with Crippen molar-refractivity contribution in [2.24, 2.45) is 5.92 Å². The second-order valence-corrected chi connectivity index (χ2v) is 6.40. The van der Waals surface area contributed by atoms with E-state index in [0.29, 0.717) is 6.42 Å². The lowest BCUT2D eigenvalue weighted by Crippen LogP contribution is -2.51. The number of ether oxygens (including phenoxy) is 1. The van der Waals surface area contributed by atoms with Crippen molar-refractivity contribution in [1.29, 1.82) is 0 Å². The molecule has 122 valence electrons. The van der Waals surface area contributed by atoms with Gasteiger partial charge in [0, 0.05) is 0 Å². The maximum atomic E-state index is 11.9. The van der Waals surface area contributed by atoms with Crippen molar-refractivity contribution < 1.29 is 24.2 Å². The molecule has 0 saturated heterocycles. The Morgan fingerprint density at radius 1 is 1.10 bits per heavy atom. The molecular formula is C14H26N2O5. The summed E-state index contributed by atoms with van der Waals surface area (Å²) in [6.45, 7) is 10.3. The molecule has 0 radical (unpaired) electrons. The molecular weight excluding hydrogens is 276 g/mol. The van der Waals surface area contributed by atoms with Gasteiger partial charge in [0.2, 0.25) is 5.91 Å². The van der Waals surface area contributed by atoms with Crippen molar-refractivity contribution >= 4 is 18.0 Å². The van der Waals surface area contributed by atoms with E-state index in [1.165, 1.54) is 6.92 Å². The number of carbonyl (C=O) groups excluding carboxylic acids is 2. The van der Waals surface area contributed by atoms with Crippen LogP contribution in [0.2, 0.25) is 0 Å². The molecule has 0 spiro atoms. The van der Waals surface area contributed by atoms with Crippen LogP contribution in [0.5, 0.6) is 0 Å². The second kappa shape index (κ2) is 7.85. The second-order valence-electron chi connectivity index (χ2n) is 6.40. The monoisotopic (exact) mass is 302 g/mol. The highest BCUT2D eigenvalue weighted by Gasteiger charge is 2.25. The first-order chi connectivity index (χ1) is 9.42. The zero-order valence-corrected chi connectivity index (χ0v) is 13.5. The van der Waals surface area contributed by atoms with E-state index < -0.39 is 35.7 Å². The number of alkyl carbamates (subject to hydrolysis) is 1. The zero-order chi connectivity index (χ0) is 16.8. The van der Waals surface area contributed by atoms with Gasteiger partial charge in [-0.25, -0.2) is 9.59 Å². The number of rotatable bonds is 6. The Morgan fingerprint density at radius 3 is 2.00 bits per heavy atom. The van der Waals surface area contributed by atoms with E-state index in [9.17, 15) is 14.4 Å². The minimum absolute atomic E-state index is 0.125. The summed E-state index contributed by atoms with van der Waals surface area (Å²) in [7, 11) is 0. The normalized spacial score (nSPS) is 14.2. The average molecular weight is 302 g/mol. The van der Waals surface area contributed by atoms with Crippen molar-refractivity contribution in [1.82, 2.24) is 10.6 Å². The van der Waals surface area contributed by atoms with E-state index in [1.807, 2.05) is 13.8 Å². The van der Waals surface area contributed by atoms with E-state index in [2.05, 4.69) is 10.6 Å². The van der Waals surface area contributed by atoms with Crippen molar-refractivity contribution in [2.45, 2.75) is 65.6 Å². The standard InChI is InChI=1S/C14H26N2O5/c1-8(2)7-10(12(18)19)16-11(17)9(3)15-13(20)21-14(4,5)6/h8-10H,7H2,1-6H3,(H,15,20)(H,16,17)(H,18,19). The molecule has 3 N–H and O–H groups in total. The molecule has 0 heterocycles. The van der Waals surface area contributed by atoms with Gasteiger partial charge in [0.15, 0.2) is 0 Å². The van der Waals surface area contributed by atoms with Crippen LogP contribution >= 0.6 is 0 Å². The quantitative estimate of drug-likeness (QED) is 0.690. The fraction of sp³-hybridized carbons (Fsp3) is 0.786. The highest BCUT2D eigenvalue weighted by atomic mass is 16.6. The minimum atomic E-state index is -1.10. The molecule has 7 heteroatoms. The molecule has 0 aliphatic rings. The molecule has 7 nitrogen and oxygen atoms in total. The Balaban J connectivity index is 4.49. The maximum absolute atomic E-state index is 11.9. The van der Waals surface area contributed by atoms with Gasteiger partial charge in [0.1, 0.15) is 17.7 Å². The van der Waals surface area contributed by atoms with Gasteiger partial charge in [-0.05, 0) is 40.0 Å². The fourth-order valence-corrected chi connectivity index (χ4v) is 1.54. The number of carboxylic acid groups (broad SMARTS) is 1. The van der Waals surface area contributed by atoms with Crippen molar-refractivity contribution in [3.63, 3.8) is 0 Å². The minimum Gasteiger partial charge on any atom is -0.480 e. The maximum Gasteiger partial charge on any atom is 0.408 e. The summed E-state index contributed by atoms with van der Waals surface area (Å²) in [5.41, 5.74) is -0.665. The molecule has 21 heavy (non-hydrogen) atoms. The highest BCUT2D eigenvalue weighted by Crippen LogP contribution is 2.07. The van der Waals surface area contributed by atoms with Crippen LogP contribution in [0.25, 0.3) is 0 Å². The zero-order valence-electron chi connectivity index (χ0n) is 13.5. The van der Waals surface area contributed by atoms with Crippen LogP contribution in [0.3, 0.4) is 0 Å². The summed E-state index contributed by atoms with van der Waals surface area (Å²) in [6, 6.07) is -1.85. The highest BCUT2D eigenvalue weighted by molar-refractivity contribution is 5.88. The molecule has 2 amide bonds. The van der Waals surface area contributed by atoms with E-state index in [-0.39, 0.29) is 5.92 Å². The Labute approximate surface area is 125 Å². The summed E-state index contributed by atoms with van der Waals surface area (Å²) in [6.07, 6.45) is -0.402. The first-order valence-corrected chi connectivity index (χ1v) is 6.95. The van der Waals surface area contributed by atoms with Crippen LogP contribution < -0.4 is 10.6 Å². The van der Waals surface area contributed by atoms with Crippen LogP contribution in [0.4, 0.5) is 4.79 Å². The van der Waals surface area contributed by atoms with Crippen LogP contribution in [0.15, 0.2) is 0 Å². The SMILES string of the molecule is CC(C)CC(NC(=O)C(C)NC(=O)OC(C)(C)C)C(=O)O. The van der Waals surface area contributed by atoms with Gasteiger partial charge < -0.3 is 20.5 Å². The van der Waals surface area contributed by atoms with E-state index in [1.54, 1.807) is 20.8 Å². The van der Waals surface area contributed by atoms with Crippen LogP contribution in [0, 0.1) is 5.92 Å². The van der Waals surface area contributed by atoms with Gasteiger partial charge in [0.05, 0.1) is 0 Å². The van der Waals surface area contributed by atoms with Crippen molar-refractivity contribution in [3.8, 4) is 0 Å². The summed E-state index contributed by atoms with van der Waals surface area (Å²) >= 11 is 0. The van der Waals surface area contributed by atoms with Crippen LogP contribution in [-0.4, -0.2) is 40.8 Å². The molecule has 0 fully saturated rings. The topological polar surface area (TPSA) is 105 Å². The van der Waals surface area contributed by atoms with Gasteiger partial charge in [-0.3, -0.25) is 4.79 Å². The predicted molar refractivity (Wildman–Crippen MR) is 77.9 cm³/mol. The molecule has 0 rings (SSSR count). The molecule has 0 bridgehead atoms. The van der Waals surface area contributed by atoms with Gasteiger partial charge >= 0.3 is 12.1 Å². The summed E-state index contributed by atoms with van der Waals surface area (Å²) < 4.78 is 5.03. The number of hydrogen-bond donors (Lipinski definition) is 3. The predicted octanol–water partition coefficient (Wildman–Crippen LogP) is 1.52. The molecule has 0 aromatic heterocycles. The van der Waals surface area contributed by atoms with Gasteiger partial charge in [0.25, 0.3) is 0 Å². The Bertz CT molecular complexity index is 387. The molecule has 0 aromatic carbocycles. The largest absolute Gasteiger partial charge is 0.480 e. The van der Waals surface area contributed by atoms with Gasteiger partial charge in [-0.15, -0.1) is 0 Å². The Kier molecular flexibility index (Phi) is 7.18.